The minimum Gasteiger partial charge on any atom is -0.478 e. The molecular weight excluding hydrogens is 592 g/mol. The summed E-state index contributed by atoms with van der Waals surface area (Å²) in [5, 5.41) is 16.0. The van der Waals surface area contributed by atoms with Crippen molar-refractivity contribution < 1.29 is 22.7 Å². The summed E-state index contributed by atoms with van der Waals surface area (Å²) in [7, 11) is -4.47. The second kappa shape index (κ2) is 12.0. The third-order valence-corrected chi connectivity index (χ3v) is 9.62. The van der Waals surface area contributed by atoms with Gasteiger partial charge in [0.2, 0.25) is 5.88 Å². The van der Waals surface area contributed by atoms with Gasteiger partial charge in [-0.3, -0.25) is 9.59 Å². The van der Waals surface area contributed by atoms with Gasteiger partial charge in [0.1, 0.15) is 0 Å². The minimum atomic E-state index is -4.47. The fourth-order valence-corrected chi connectivity index (χ4v) is 7.25. The molecule has 3 heterocycles. The van der Waals surface area contributed by atoms with Crippen LogP contribution in [-0.2, 0) is 20.4 Å². The van der Waals surface area contributed by atoms with E-state index in [-0.39, 0.29) is 45.3 Å². The maximum atomic E-state index is 14.8. The van der Waals surface area contributed by atoms with Gasteiger partial charge >= 0.3 is 0 Å². The Labute approximate surface area is 261 Å². The first-order chi connectivity index (χ1) is 21.8. The van der Waals surface area contributed by atoms with Gasteiger partial charge in [-0.15, -0.1) is 0 Å². The lowest BCUT2D eigenvalue weighted by molar-refractivity contribution is -0.121. The molecule has 2 N–H and O–H groups in total. The standard InChI is InChI=1S/C33H30N6O5S/c1-2-44-31-27(9-6-16-36-31)33(37-30(40)24-11-13-25(14-12-24)38-19-17-35-18-20-38)28-21-23(22-34)10-15-29(28)39(32(33)41)45(42,43)26-7-4-3-5-8-26/h3-16,21,35H,2,17-20H2,1H3,(H,37,40). The van der Waals surface area contributed by atoms with E-state index < -0.39 is 27.4 Å². The summed E-state index contributed by atoms with van der Waals surface area (Å²) in [4.78, 5) is 35.3. The Bertz CT molecular complexity index is 1900. The molecule has 228 valence electrons. The van der Waals surface area contributed by atoms with E-state index in [1.165, 1.54) is 36.5 Å². The van der Waals surface area contributed by atoms with Gasteiger partial charge in [0, 0.05) is 49.2 Å². The Kier molecular flexibility index (Phi) is 7.97. The van der Waals surface area contributed by atoms with Gasteiger partial charge < -0.3 is 20.3 Å². The number of nitriles is 1. The molecule has 0 saturated carbocycles. The summed E-state index contributed by atoms with van der Waals surface area (Å²) >= 11 is 0. The molecule has 6 rings (SSSR count). The van der Waals surface area contributed by atoms with Gasteiger partial charge in [0.05, 0.1) is 34.4 Å². The van der Waals surface area contributed by atoms with Crippen LogP contribution >= 0.6 is 0 Å². The van der Waals surface area contributed by atoms with Crippen LogP contribution in [0.3, 0.4) is 0 Å². The van der Waals surface area contributed by atoms with E-state index in [0.717, 1.165) is 31.9 Å². The van der Waals surface area contributed by atoms with E-state index in [1.54, 1.807) is 49.4 Å². The van der Waals surface area contributed by atoms with Crippen LogP contribution in [0, 0.1) is 11.3 Å². The highest BCUT2D eigenvalue weighted by atomic mass is 32.2. The summed E-state index contributed by atoms with van der Waals surface area (Å²) in [6, 6.07) is 24.0. The number of fused-ring (bicyclic) bond motifs is 1. The number of piperazine rings is 1. The van der Waals surface area contributed by atoms with E-state index in [0.29, 0.717) is 4.31 Å². The average Bonchev–Trinajstić information content (AvgIpc) is 3.33. The molecule has 0 radical (unpaired) electrons. The van der Waals surface area contributed by atoms with Crippen LogP contribution in [0.4, 0.5) is 11.4 Å². The van der Waals surface area contributed by atoms with Gasteiger partial charge in [0.15, 0.2) is 5.54 Å². The van der Waals surface area contributed by atoms with Crippen LogP contribution in [0.2, 0.25) is 0 Å². The molecular formula is C33H30N6O5S. The summed E-state index contributed by atoms with van der Waals surface area (Å²) in [5.74, 6) is -1.56. The summed E-state index contributed by atoms with van der Waals surface area (Å²) in [6.45, 7) is 5.29. The average molecular weight is 623 g/mol. The van der Waals surface area contributed by atoms with Gasteiger partial charge in [-0.05, 0) is 73.7 Å². The number of carbonyl (C=O) groups is 2. The van der Waals surface area contributed by atoms with Crippen molar-refractivity contribution in [3.63, 3.8) is 0 Å². The maximum Gasteiger partial charge on any atom is 0.276 e. The highest BCUT2D eigenvalue weighted by Gasteiger charge is 2.58. The molecule has 1 unspecified atom stereocenters. The number of sulfonamides is 1. The van der Waals surface area contributed by atoms with Crippen molar-refractivity contribution in [2.45, 2.75) is 17.4 Å². The lowest BCUT2D eigenvalue weighted by Gasteiger charge is -2.31. The predicted molar refractivity (Wildman–Crippen MR) is 167 cm³/mol. The number of carbonyl (C=O) groups excluding carboxylic acids is 2. The lowest BCUT2D eigenvalue weighted by Crippen LogP contribution is -2.55. The van der Waals surface area contributed by atoms with Crippen molar-refractivity contribution in [2.24, 2.45) is 0 Å². The molecule has 0 aliphatic carbocycles. The number of aromatic nitrogens is 1. The molecule has 45 heavy (non-hydrogen) atoms. The van der Waals surface area contributed by atoms with Crippen molar-refractivity contribution in [1.82, 2.24) is 15.6 Å². The third kappa shape index (κ3) is 5.16. The number of hydrogen-bond acceptors (Lipinski definition) is 9. The number of ether oxygens (including phenoxy) is 1. The van der Waals surface area contributed by atoms with Crippen molar-refractivity contribution in [3.05, 3.63) is 113 Å². The molecule has 0 spiro atoms. The Morgan fingerprint density at radius 2 is 1.76 bits per heavy atom. The van der Waals surface area contributed by atoms with Gasteiger partial charge in [0.25, 0.3) is 21.8 Å². The Hall–Kier alpha value is -5.25. The Morgan fingerprint density at radius 1 is 1.02 bits per heavy atom. The Balaban J connectivity index is 1.53. The van der Waals surface area contributed by atoms with E-state index in [2.05, 4.69) is 26.6 Å². The SMILES string of the molecule is CCOc1ncccc1C1(NC(=O)c2ccc(N3CCNCC3)cc2)C(=O)N(S(=O)(=O)c2ccccc2)c2ccc(C#N)cc21. The number of pyridine rings is 1. The predicted octanol–water partition coefficient (Wildman–Crippen LogP) is 3.17. The van der Waals surface area contributed by atoms with Crippen LogP contribution in [0.1, 0.15) is 34.0 Å². The number of rotatable bonds is 8. The third-order valence-electron chi connectivity index (χ3n) is 7.90. The number of nitrogens with zero attached hydrogens (tertiary/aromatic N) is 4. The smallest absolute Gasteiger partial charge is 0.276 e. The summed E-state index contributed by atoms with van der Waals surface area (Å²) in [6.07, 6.45) is 1.48. The molecule has 1 fully saturated rings. The first-order valence-corrected chi connectivity index (χ1v) is 15.9. The maximum absolute atomic E-state index is 14.8. The molecule has 2 aliphatic rings. The van der Waals surface area contributed by atoms with E-state index in [1.807, 2.05) is 12.1 Å². The van der Waals surface area contributed by atoms with Crippen molar-refractivity contribution >= 4 is 33.2 Å². The van der Waals surface area contributed by atoms with Crippen LogP contribution in [0.5, 0.6) is 5.88 Å². The molecule has 1 atom stereocenters. The first kappa shape index (κ1) is 29.8. The molecule has 11 nitrogen and oxygen atoms in total. The van der Waals surface area contributed by atoms with Crippen molar-refractivity contribution in [1.29, 1.82) is 5.26 Å². The number of hydrogen-bond donors (Lipinski definition) is 2. The first-order valence-electron chi connectivity index (χ1n) is 14.5. The Morgan fingerprint density at radius 3 is 2.44 bits per heavy atom. The van der Waals surface area contributed by atoms with Crippen LogP contribution in [-0.4, -0.2) is 58.0 Å². The molecule has 1 aromatic heterocycles. The minimum absolute atomic E-state index is 0.00325. The molecule has 2 amide bonds. The van der Waals surface area contributed by atoms with E-state index in [9.17, 15) is 23.3 Å². The van der Waals surface area contributed by atoms with Gasteiger partial charge in [-0.25, -0.2) is 13.4 Å². The fourth-order valence-electron chi connectivity index (χ4n) is 5.76. The topological polar surface area (TPSA) is 145 Å². The van der Waals surface area contributed by atoms with Crippen molar-refractivity contribution in [3.8, 4) is 11.9 Å². The number of anilines is 2. The lowest BCUT2D eigenvalue weighted by atomic mass is 9.83. The number of amides is 2. The summed E-state index contributed by atoms with van der Waals surface area (Å²) in [5.41, 5.74) is -0.503. The number of benzene rings is 3. The molecule has 12 heteroatoms. The fraction of sp³-hybridized carbons (Fsp3) is 0.212. The number of nitrogens with one attached hydrogen (secondary N) is 2. The molecule has 3 aromatic carbocycles. The van der Waals surface area contributed by atoms with Crippen LogP contribution < -0.4 is 24.6 Å². The second-order valence-corrected chi connectivity index (χ2v) is 12.3. The quantitative estimate of drug-likeness (QED) is 0.303. The highest BCUT2D eigenvalue weighted by Crippen LogP contribution is 2.49. The normalized spacial score (nSPS) is 17.8. The zero-order valence-electron chi connectivity index (χ0n) is 24.4. The molecule has 4 aromatic rings. The summed E-state index contributed by atoms with van der Waals surface area (Å²) < 4.78 is 34.7. The van der Waals surface area contributed by atoms with Gasteiger partial charge in [-0.1, -0.05) is 18.2 Å². The monoisotopic (exact) mass is 622 g/mol. The molecule has 1 saturated heterocycles. The zero-order chi connectivity index (χ0) is 31.6. The molecule has 0 bridgehead atoms. The van der Waals surface area contributed by atoms with E-state index in [4.69, 9.17) is 4.74 Å². The van der Waals surface area contributed by atoms with Crippen LogP contribution in [0.15, 0.2) is 96.0 Å². The molecule has 2 aliphatic heterocycles. The van der Waals surface area contributed by atoms with E-state index >= 15 is 0 Å². The second-order valence-electron chi connectivity index (χ2n) is 10.5. The zero-order valence-corrected chi connectivity index (χ0v) is 25.3. The largest absolute Gasteiger partial charge is 0.478 e. The van der Waals surface area contributed by atoms with Crippen LogP contribution in [0.25, 0.3) is 0 Å². The van der Waals surface area contributed by atoms with Crippen molar-refractivity contribution in [2.75, 3.05) is 42.0 Å². The highest BCUT2D eigenvalue weighted by molar-refractivity contribution is 7.93. The van der Waals surface area contributed by atoms with Gasteiger partial charge in [-0.2, -0.15) is 9.57 Å².